The predicted octanol–water partition coefficient (Wildman–Crippen LogP) is 1.91. The van der Waals surface area contributed by atoms with Crippen LogP contribution in [0.3, 0.4) is 0 Å². The fourth-order valence-electron chi connectivity index (χ4n) is 1.69. The van der Waals surface area contributed by atoms with Gasteiger partial charge in [0.2, 0.25) is 0 Å². The van der Waals surface area contributed by atoms with E-state index >= 15 is 0 Å². The molecule has 108 valence electrons. The molecular formula is C13H20ClFN2O2. The Kier molecular flexibility index (Phi) is 7.93. The van der Waals surface area contributed by atoms with E-state index < -0.39 is 0 Å². The van der Waals surface area contributed by atoms with E-state index in [0.29, 0.717) is 38.2 Å². The highest BCUT2D eigenvalue weighted by atomic mass is 35.5. The summed E-state index contributed by atoms with van der Waals surface area (Å²) in [7, 11) is 1.62. The number of methoxy groups -OCH3 is 1. The standard InChI is InChI=1S/C13H20ClFN2O2/c1-18-7-8-19-6-5-11(17-16)9-10-3-2-4-12(14)13(10)15/h2-4,11,17H,5-9,16H2,1H3. The minimum atomic E-state index is -0.385. The Morgan fingerprint density at radius 2 is 2.16 bits per heavy atom. The highest BCUT2D eigenvalue weighted by molar-refractivity contribution is 6.30. The van der Waals surface area contributed by atoms with E-state index in [9.17, 15) is 4.39 Å². The zero-order chi connectivity index (χ0) is 14.1. The number of benzene rings is 1. The largest absolute Gasteiger partial charge is 0.382 e. The van der Waals surface area contributed by atoms with E-state index in [4.69, 9.17) is 26.9 Å². The lowest BCUT2D eigenvalue weighted by molar-refractivity contribution is 0.0658. The smallest absolute Gasteiger partial charge is 0.145 e. The molecule has 1 aromatic carbocycles. The van der Waals surface area contributed by atoms with Crippen molar-refractivity contribution in [3.8, 4) is 0 Å². The summed E-state index contributed by atoms with van der Waals surface area (Å²) in [5.41, 5.74) is 3.22. The van der Waals surface area contributed by atoms with Crippen LogP contribution in [0, 0.1) is 5.82 Å². The number of rotatable bonds is 9. The number of hydrazine groups is 1. The maximum Gasteiger partial charge on any atom is 0.145 e. The van der Waals surface area contributed by atoms with Crippen LogP contribution >= 0.6 is 11.6 Å². The minimum Gasteiger partial charge on any atom is -0.382 e. The quantitative estimate of drug-likeness (QED) is 0.414. The van der Waals surface area contributed by atoms with E-state index in [1.54, 1.807) is 19.2 Å². The van der Waals surface area contributed by atoms with Gasteiger partial charge in [-0.05, 0) is 24.5 Å². The van der Waals surface area contributed by atoms with Crippen molar-refractivity contribution in [2.75, 3.05) is 26.9 Å². The number of ether oxygens (including phenoxy) is 2. The molecule has 0 radical (unpaired) electrons. The first kappa shape index (κ1) is 16.3. The summed E-state index contributed by atoms with van der Waals surface area (Å²) in [6.45, 7) is 1.64. The molecule has 1 rings (SSSR count). The molecule has 0 aliphatic carbocycles. The molecule has 0 aromatic heterocycles. The van der Waals surface area contributed by atoms with Crippen molar-refractivity contribution in [1.82, 2.24) is 5.43 Å². The zero-order valence-electron chi connectivity index (χ0n) is 11.0. The molecule has 6 heteroatoms. The van der Waals surface area contributed by atoms with Crippen LogP contribution in [0.5, 0.6) is 0 Å². The highest BCUT2D eigenvalue weighted by Gasteiger charge is 2.12. The van der Waals surface area contributed by atoms with Gasteiger partial charge in [-0.3, -0.25) is 11.3 Å². The van der Waals surface area contributed by atoms with E-state index in [2.05, 4.69) is 5.43 Å². The van der Waals surface area contributed by atoms with Crippen LogP contribution in [0.15, 0.2) is 18.2 Å². The summed E-state index contributed by atoms with van der Waals surface area (Å²) in [6, 6.07) is 4.90. The molecule has 0 fully saturated rings. The lowest BCUT2D eigenvalue weighted by atomic mass is 10.0. The van der Waals surface area contributed by atoms with Crippen LogP contribution in [-0.2, 0) is 15.9 Å². The van der Waals surface area contributed by atoms with Gasteiger partial charge < -0.3 is 9.47 Å². The summed E-state index contributed by atoms with van der Waals surface area (Å²) in [6.07, 6.45) is 1.16. The molecule has 4 nitrogen and oxygen atoms in total. The third-order valence-corrected chi connectivity index (χ3v) is 3.07. The average Bonchev–Trinajstić information content (AvgIpc) is 2.42. The van der Waals surface area contributed by atoms with Gasteiger partial charge in [0.05, 0.1) is 18.2 Å². The van der Waals surface area contributed by atoms with Crippen LogP contribution in [0.4, 0.5) is 4.39 Å². The molecule has 1 aromatic rings. The molecule has 3 N–H and O–H groups in total. The van der Waals surface area contributed by atoms with Crippen molar-refractivity contribution < 1.29 is 13.9 Å². The second kappa shape index (κ2) is 9.23. The molecule has 0 spiro atoms. The van der Waals surface area contributed by atoms with Gasteiger partial charge in [0, 0.05) is 19.8 Å². The number of halogens is 2. The first-order valence-electron chi connectivity index (χ1n) is 6.14. The average molecular weight is 291 g/mol. The lowest BCUT2D eigenvalue weighted by Crippen LogP contribution is -2.38. The van der Waals surface area contributed by atoms with E-state index in [0.717, 1.165) is 0 Å². The second-order valence-corrected chi connectivity index (χ2v) is 4.58. The SMILES string of the molecule is COCCOCCC(Cc1cccc(Cl)c1F)NN. The second-order valence-electron chi connectivity index (χ2n) is 4.17. The molecule has 0 bridgehead atoms. The van der Waals surface area contributed by atoms with Gasteiger partial charge in [-0.2, -0.15) is 0 Å². The Morgan fingerprint density at radius 1 is 1.37 bits per heavy atom. The summed E-state index contributed by atoms with van der Waals surface area (Å²) >= 11 is 5.74. The molecule has 0 saturated carbocycles. The third kappa shape index (κ3) is 5.84. The summed E-state index contributed by atoms with van der Waals surface area (Å²) in [4.78, 5) is 0. The maximum atomic E-state index is 13.7. The first-order chi connectivity index (χ1) is 9.19. The Balaban J connectivity index is 2.41. The predicted molar refractivity (Wildman–Crippen MR) is 73.5 cm³/mol. The Hall–Kier alpha value is -0.720. The van der Waals surface area contributed by atoms with Crippen molar-refractivity contribution in [3.63, 3.8) is 0 Å². The van der Waals surface area contributed by atoms with Crippen molar-refractivity contribution in [3.05, 3.63) is 34.6 Å². The fourth-order valence-corrected chi connectivity index (χ4v) is 1.88. The topological polar surface area (TPSA) is 56.5 Å². The van der Waals surface area contributed by atoms with E-state index in [1.807, 2.05) is 0 Å². The normalized spacial score (nSPS) is 12.6. The van der Waals surface area contributed by atoms with Crippen LogP contribution in [0.25, 0.3) is 0 Å². The van der Waals surface area contributed by atoms with Gasteiger partial charge in [-0.25, -0.2) is 4.39 Å². The van der Waals surface area contributed by atoms with E-state index in [1.165, 1.54) is 6.07 Å². The zero-order valence-corrected chi connectivity index (χ0v) is 11.8. The van der Waals surface area contributed by atoms with Crippen LogP contribution < -0.4 is 11.3 Å². The van der Waals surface area contributed by atoms with Crippen molar-refractivity contribution >= 4 is 11.6 Å². The molecule has 0 aliphatic heterocycles. The van der Waals surface area contributed by atoms with Crippen LogP contribution in [0.1, 0.15) is 12.0 Å². The minimum absolute atomic E-state index is 0.0597. The first-order valence-corrected chi connectivity index (χ1v) is 6.52. The molecule has 0 aliphatic rings. The number of nitrogens with two attached hydrogens (primary N) is 1. The molecule has 1 atom stereocenters. The molecular weight excluding hydrogens is 271 g/mol. The highest BCUT2D eigenvalue weighted by Crippen LogP contribution is 2.19. The molecule has 19 heavy (non-hydrogen) atoms. The van der Waals surface area contributed by atoms with E-state index in [-0.39, 0.29) is 16.9 Å². The van der Waals surface area contributed by atoms with Crippen LogP contribution in [-0.4, -0.2) is 33.0 Å². The van der Waals surface area contributed by atoms with Crippen molar-refractivity contribution in [2.24, 2.45) is 5.84 Å². The van der Waals surface area contributed by atoms with Gasteiger partial charge >= 0.3 is 0 Å². The van der Waals surface area contributed by atoms with Gasteiger partial charge in [-0.1, -0.05) is 23.7 Å². The number of nitrogens with one attached hydrogen (secondary N) is 1. The Morgan fingerprint density at radius 3 is 2.84 bits per heavy atom. The number of hydrogen-bond donors (Lipinski definition) is 2. The fraction of sp³-hybridized carbons (Fsp3) is 0.538. The Labute approximate surface area is 118 Å². The molecule has 0 saturated heterocycles. The molecule has 0 amide bonds. The van der Waals surface area contributed by atoms with Gasteiger partial charge in [-0.15, -0.1) is 0 Å². The van der Waals surface area contributed by atoms with Crippen molar-refractivity contribution in [1.29, 1.82) is 0 Å². The molecule has 1 unspecified atom stereocenters. The van der Waals surface area contributed by atoms with Crippen LogP contribution in [0.2, 0.25) is 5.02 Å². The summed E-state index contributed by atoms with van der Waals surface area (Å²) in [5.74, 6) is 5.08. The molecule has 0 heterocycles. The number of hydrogen-bond acceptors (Lipinski definition) is 4. The summed E-state index contributed by atoms with van der Waals surface area (Å²) < 4.78 is 24.0. The third-order valence-electron chi connectivity index (χ3n) is 2.78. The van der Waals surface area contributed by atoms with Gasteiger partial charge in [0.25, 0.3) is 0 Å². The van der Waals surface area contributed by atoms with Crippen molar-refractivity contribution in [2.45, 2.75) is 18.9 Å². The van der Waals surface area contributed by atoms with Gasteiger partial charge in [0.15, 0.2) is 0 Å². The summed E-state index contributed by atoms with van der Waals surface area (Å²) in [5, 5.41) is 0.129. The lowest BCUT2D eigenvalue weighted by Gasteiger charge is -2.16. The van der Waals surface area contributed by atoms with Gasteiger partial charge in [0.1, 0.15) is 5.82 Å². The Bertz CT molecular complexity index is 380. The maximum absolute atomic E-state index is 13.7. The monoisotopic (exact) mass is 290 g/mol.